The maximum atomic E-state index is 13.3. The number of rotatable bonds is 4. The predicted molar refractivity (Wildman–Crippen MR) is 94.3 cm³/mol. The molecule has 24 heavy (non-hydrogen) atoms. The molecule has 1 heterocycles. The van der Waals surface area contributed by atoms with Gasteiger partial charge in [0.2, 0.25) is 0 Å². The van der Waals surface area contributed by atoms with Gasteiger partial charge in [0, 0.05) is 16.2 Å². The fourth-order valence-corrected chi connectivity index (χ4v) is 3.70. The number of carbonyl (C=O) groups is 1. The zero-order valence-electron chi connectivity index (χ0n) is 12.9. The van der Waals surface area contributed by atoms with Crippen LogP contribution in [0.4, 0.5) is 10.1 Å². The highest BCUT2D eigenvalue weighted by Crippen LogP contribution is 2.37. The average molecular weight is 366 g/mol. The number of hydrogen-bond donors (Lipinski definition) is 1. The Morgan fingerprint density at radius 1 is 1.17 bits per heavy atom. The lowest BCUT2D eigenvalue weighted by molar-refractivity contribution is 0.103. The molecule has 0 aliphatic carbocycles. The van der Waals surface area contributed by atoms with Crippen LogP contribution in [0.1, 0.15) is 9.67 Å². The number of amides is 1. The Morgan fingerprint density at radius 2 is 1.96 bits per heavy atom. The minimum atomic E-state index is -0.384. The van der Waals surface area contributed by atoms with E-state index in [-0.39, 0.29) is 11.7 Å². The molecule has 7 heteroatoms. The van der Waals surface area contributed by atoms with E-state index in [1.807, 2.05) is 0 Å². The number of thiophene rings is 1. The molecule has 0 aliphatic rings. The summed E-state index contributed by atoms with van der Waals surface area (Å²) in [5, 5.41) is 3.71. The van der Waals surface area contributed by atoms with Gasteiger partial charge in [-0.25, -0.2) is 4.39 Å². The third-order valence-corrected chi connectivity index (χ3v) is 5.11. The minimum Gasteiger partial charge on any atom is -0.497 e. The molecule has 0 unspecified atom stereocenters. The fraction of sp³-hybridized carbons (Fsp3) is 0.118. The number of nitrogens with one attached hydrogen (secondary N) is 1. The molecule has 3 aromatic rings. The molecular weight excluding hydrogens is 353 g/mol. The van der Waals surface area contributed by atoms with Crippen LogP contribution in [-0.4, -0.2) is 20.1 Å². The van der Waals surface area contributed by atoms with Crippen LogP contribution >= 0.6 is 22.9 Å². The van der Waals surface area contributed by atoms with E-state index in [1.165, 1.54) is 19.2 Å². The van der Waals surface area contributed by atoms with Gasteiger partial charge in [-0.2, -0.15) is 0 Å². The van der Waals surface area contributed by atoms with Crippen molar-refractivity contribution in [1.82, 2.24) is 0 Å². The van der Waals surface area contributed by atoms with Gasteiger partial charge in [-0.05, 0) is 30.3 Å². The van der Waals surface area contributed by atoms with Crippen molar-refractivity contribution in [3.05, 3.63) is 52.1 Å². The molecule has 0 saturated carbocycles. The summed E-state index contributed by atoms with van der Waals surface area (Å²) < 4.78 is 24.3. The Balaban J connectivity index is 1.94. The Bertz CT molecular complexity index is 926. The summed E-state index contributed by atoms with van der Waals surface area (Å²) in [4.78, 5) is 12.9. The number of anilines is 1. The summed E-state index contributed by atoms with van der Waals surface area (Å²) >= 11 is 7.40. The maximum Gasteiger partial charge on any atom is 0.267 e. The van der Waals surface area contributed by atoms with Crippen LogP contribution in [0.5, 0.6) is 11.5 Å². The Labute approximate surface area is 146 Å². The van der Waals surface area contributed by atoms with E-state index in [4.69, 9.17) is 21.1 Å². The number of hydrogen-bond acceptors (Lipinski definition) is 4. The van der Waals surface area contributed by atoms with E-state index in [2.05, 4.69) is 5.32 Å². The SMILES string of the molecule is COc1ccc(NC(=O)c2sc3cc(F)ccc3c2Cl)c(OC)c1. The largest absolute Gasteiger partial charge is 0.497 e. The standard InChI is InChI=1S/C17H13ClFNO3S/c1-22-10-4-6-12(13(8-10)23-2)20-17(21)16-15(18)11-5-3-9(19)7-14(11)24-16/h3-8H,1-2H3,(H,20,21). The number of ether oxygens (including phenoxy) is 2. The summed E-state index contributed by atoms with van der Waals surface area (Å²) in [5.41, 5.74) is 0.489. The highest BCUT2D eigenvalue weighted by molar-refractivity contribution is 7.21. The van der Waals surface area contributed by atoms with E-state index in [0.717, 1.165) is 11.3 Å². The zero-order valence-corrected chi connectivity index (χ0v) is 14.4. The first-order valence-corrected chi connectivity index (χ1v) is 8.14. The number of benzene rings is 2. The Kier molecular flexibility index (Phi) is 4.59. The van der Waals surface area contributed by atoms with Gasteiger partial charge in [-0.1, -0.05) is 11.6 Å². The molecule has 0 spiro atoms. The van der Waals surface area contributed by atoms with E-state index >= 15 is 0 Å². The van der Waals surface area contributed by atoms with Crippen molar-refractivity contribution < 1.29 is 18.7 Å². The van der Waals surface area contributed by atoms with Crippen LogP contribution in [0.2, 0.25) is 5.02 Å². The third-order valence-electron chi connectivity index (χ3n) is 3.45. The minimum absolute atomic E-state index is 0.306. The first-order valence-electron chi connectivity index (χ1n) is 6.94. The lowest BCUT2D eigenvalue weighted by atomic mass is 10.2. The highest BCUT2D eigenvalue weighted by atomic mass is 35.5. The van der Waals surface area contributed by atoms with E-state index in [1.54, 1.807) is 31.4 Å². The molecule has 3 rings (SSSR count). The third kappa shape index (κ3) is 3.02. The topological polar surface area (TPSA) is 47.6 Å². The van der Waals surface area contributed by atoms with Gasteiger partial charge < -0.3 is 14.8 Å². The monoisotopic (exact) mass is 365 g/mol. The van der Waals surface area contributed by atoms with Crippen molar-refractivity contribution in [2.75, 3.05) is 19.5 Å². The van der Waals surface area contributed by atoms with Crippen molar-refractivity contribution in [2.45, 2.75) is 0 Å². The molecule has 1 aromatic heterocycles. The molecule has 0 fully saturated rings. The molecule has 124 valence electrons. The quantitative estimate of drug-likeness (QED) is 0.710. The maximum absolute atomic E-state index is 13.3. The van der Waals surface area contributed by atoms with Gasteiger partial charge >= 0.3 is 0 Å². The Morgan fingerprint density at radius 3 is 2.67 bits per heavy atom. The van der Waals surface area contributed by atoms with Gasteiger partial charge in [-0.3, -0.25) is 4.79 Å². The first-order chi connectivity index (χ1) is 11.5. The van der Waals surface area contributed by atoms with Crippen LogP contribution in [0.15, 0.2) is 36.4 Å². The van der Waals surface area contributed by atoms with E-state index in [0.29, 0.717) is 37.2 Å². The second kappa shape index (κ2) is 6.67. The fourth-order valence-electron chi connectivity index (χ4n) is 2.27. The van der Waals surface area contributed by atoms with Crippen LogP contribution in [0, 0.1) is 5.82 Å². The second-order valence-electron chi connectivity index (χ2n) is 4.91. The average Bonchev–Trinajstić information content (AvgIpc) is 2.91. The highest BCUT2D eigenvalue weighted by Gasteiger charge is 2.19. The lowest BCUT2D eigenvalue weighted by Gasteiger charge is -2.11. The molecule has 0 radical (unpaired) electrons. The van der Waals surface area contributed by atoms with E-state index in [9.17, 15) is 9.18 Å². The van der Waals surface area contributed by atoms with Crippen molar-refractivity contribution in [1.29, 1.82) is 0 Å². The van der Waals surface area contributed by atoms with Crippen molar-refractivity contribution in [3.63, 3.8) is 0 Å². The molecule has 1 N–H and O–H groups in total. The molecule has 4 nitrogen and oxygen atoms in total. The molecule has 0 saturated heterocycles. The normalized spacial score (nSPS) is 10.7. The van der Waals surface area contributed by atoms with Crippen LogP contribution in [-0.2, 0) is 0 Å². The van der Waals surface area contributed by atoms with Crippen molar-refractivity contribution in [3.8, 4) is 11.5 Å². The van der Waals surface area contributed by atoms with Crippen molar-refractivity contribution >= 4 is 44.6 Å². The number of carbonyl (C=O) groups excluding carboxylic acids is 1. The smallest absolute Gasteiger partial charge is 0.267 e. The number of methoxy groups -OCH3 is 2. The molecule has 1 amide bonds. The first kappa shape index (κ1) is 16.5. The molecule has 0 aliphatic heterocycles. The molecule has 0 bridgehead atoms. The number of halogens is 2. The van der Waals surface area contributed by atoms with Gasteiger partial charge in [0.15, 0.2) is 0 Å². The molecule has 2 aromatic carbocycles. The van der Waals surface area contributed by atoms with Gasteiger partial charge in [-0.15, -0.1) is 11.3 Å². The van der Waals surface area contributed by atoms with Crippen LogP contribution in [0.3, 0.4) is 0 Å². The summed E-state index contributed by atoms with van der Waals surface area (Å²) in [5.74, 6) is 0.320. The second-order valence-corrected chi connectivity index (χ2v) is 6.34. The predicted octanol–water partition coefficient (Wildman–Crippen LogP) is 4.96. The summed E-state index contributed by atoms with van der Waals surface area (Å²) in [6.07, 6.45) is 0. The van der Waals surface area contributed by atoms with E-state index < -0.39 is 0 Å². The summed E-state index contributed by atoms with van der Waals surface area (Å²) in [6.45, 7) is 0. The number of fused-ring (bicyclic) bond motifs is 1. The summed E-state index contributed by atoms with van der Waals surface area (Å²) in [7, 11) is 3.04. The van der Waals surface area contributed by atoms with Crippen LogP contribution < -0.4 is 14.8 Å². The summed E-state index contributed by atoms with van der Waals surface area (Å²) in [6, 6.07) is 9.29. The Hall–Kier alpha value is -2.31. The molecule has 0 atom stereocenters. The van der Waals surface area contributed by atoms with Gasteiger partial charge in [0.1, 0.15) is 22.2 Å². The van der Waals surface area contributed by atoms with Gasteiger partial charge in [0.25, 0.3) is 5.91 Å². The van der Waals surface area contributed by atoms with Gasteiger partial charge in [0.05, 0.1) is 24.9 Å². The lowest BCUT2D eigenvalue weighted by Crippen LogP contribution is -2.11. The zero-order chi connectivity index (χ0) is 17.3. The molecular formula is C17H13ClFNO3S. The van der Waals surface area contributed by atoms with Crippen LogP contribution in [0.25, 0.3) is 10.1 Å². The van der Waals surface area contributed by atoms with Crippen molar-refractivity contribution in [2.24, 2.45) is 0 Å².